The molecule has 1 amide bonds. The molecule has 22 heavy (non-hydrogen) atoms. The monoisotopic (exact) mass is 299 g/mol. The van der Waals surface area contributed by atoms with Crippen molar-refractivity contribution >= 4 is 11.6 Å². The third-order valence-electron chi connectivity index (χ3n) is 5.05. The van der Waals surface area contributed by atoms with E-state index >= 15 is 0 Å². The molecule has 116 valence electrons. The number of rotatable bonds is 1. The van der Waals surface area contributed by atoms with Crippen molar-refractivity contribution in [2.24, 2.45) is 11.8 Å². The van der Waals surface area contributed by atoms with Crippen molar-refractivity contribution in [2.75, 3.05) is 26.2 Å². The number of carbonyl (C=O) groups is 1. The minimum atomic E-state index is 0.0704. The molecule has 0 aliphatic carbocycles. The van der Waals surface area contributed by atoms with Crippen LogP contribution in [0.4, 0.5) is 0 Å². The molecular weight excluding hydrogens is 278 g/mol. The highest BCUT2D eigenvalue weighted by Gasteiger charge is 2.32. The van der Waals surface area contributed by atoms with Crippen molar-refractivity contribution in [2.45, 2.75) is 19.8 Å². The van der Waals surface area contributed by atoms with Crippen LogP contribution in [0.5, 0.6) is 0 Å². The maximum absolute atomic E-state index is 12.9. The van der Waals surface area contributed by atoms with Crippen molar-refractivity contribution in [3.05, 3.63) is 29.7 Å². The summed E-state index contributed by atoms with van der Waals surface area (Å²) in [6.45, 7) is 5.81. The van der Waals surface area contributed by atoms with Gasteiger partial charge < -0.3 is 10.2 Å². The molecule has 0 unspecified atom stereocenters. The summed E-state index contributed by atoms with van der Waals surface area (Å²) in [5.74, 6) is 1.52. The standard InChI is InChI=1S/C16H21N5O/c1-11-2-7-21-15(19-11)14(10-18-21)16(22)20-5-3-12-8-17-9-13(12)4-6-20/h2,7,10,12-13,17H,3-6,8-9H2,1H3/t12-,13+. The summed E-state index contributed by atoms with van der Waals surface area (Å²) in [5, 5.41) is 7.72. The number of amides is 1. The Labute approximate surface area is 129 Å². The fraction of sp³-hybridized carbons (Fsp3) is 0.562. The molecule has 0 aromatic carbocycles. The number of carbonyl (C=O) groups excluding carboxylic acids is 1. The fourth-order valence-electron chi connectivity index (χ4n) is 3.70. The molecule has 0 radical (unpaired) electrons. The van der Waals surface area contributed by atoms with Crippen LogP contribution in [0.2, 0.25) is 0 Å². The molecule has 0 bridgehead atoms. The summed E-state index contributed by atoms with van der Waals surface area (Å²) in [6, 6.07) is 1.90. The number of likely N-dealkylation sites (tertiary alicyclic amines) is 1. The van der Waals surface area contributed by atoms with Crippen LogP contribution in [-0.4, -0.2) is 51.6 Å². The topological polar surface area (TPSA) is 62.5 Å². The smallest absolute Gasteiger partial charge is 0.259 e. The lowest BCUT2D eigenvalue weighted by molar-refractivity contribution is 0.0760. The number of hydrogen-bond donors (Lipinski definition) is 1. The molecule has 2 atom stereocenters. The van der Waals surface area contributed by atoms with Gasteiger partial charge in [-0.25, -0.2) is 9.50 Å². The average Bonchev–Trinajstić information content (AvgIpc) is 3.08. The predicted molar refractivity (Wildman–Crippen MR) is 82.7 cm³/mol. The van der Waals surface area contributed by atoms with E-state index < -0.39 is 0 Å². The molecule has 2 aromatic heterocycles. The summed E-state index contributed by atoms with van der Waals surface area (Å²) >= 11 is 0. The lowest BCUT2D eigenvalue weighted by Crippen LogP contribution is -2.32. The zero-order chi connectivity index (χ0) is 15.1. The molecule has 6 heteroatoms. The number of fused-ring (bicyclic) bond motifs is 2. The highest BCUT2D eigenvalue weighted by Crippen LogP contribution is 2.28. The van der Waals surface area contributed by atoms with Crippen molar-refractivity contribution in [1.29, 1.82) is 0 Å². The zero-order valence-corrected chi connectivity index (χ0v) is 12.8. The molecule has 4 rings (SSSR count). The van der Waals surface area contributed by atoms with Crippen LogP contribution in [0.15, 0.2) is 18.5 Å². The minimum Gasteiger partial charge on any atom is -0.338 e. The van der Waals surface area contributed by atoms with Crippen LogP contribution < -0.4 is 5.32 Å². The van der Waals surface area contributed by atoms with Crippen LogP contribution in [-0.2, 0) is 0 Å². The summed E-state index contributed by atoms with van der Waals surface area (Å²) in [4.78, 5) is 19.3. The quantitative estimate of drug-likeness (QED) is 0.857. The maximum atomic E-state index is 12.9. The molecule has 0 saturated carbocycles. The van der Waals surface area contributed by atoms with Crippen molar-refractivity contribution < 1.29 is 4.79 Å². The van der Waals surface area contributed by atoms with E-state index in [0.29, 0.717) is 11.2 Å². The van der Waals surface area contributed by atoms with E-state index in [9.17, 15) is 4.79 Å². The molecule has 6 nitrogen and oxygen atoms in total. The SMILES string of the molecule is Cc1ccn2ncc(C(=O)N3CC[C@@H]4CNC[C@@H]4CC3)c2n1. The lowest BCUT2D eigenvalue weighted by Gasteiger charge is -2.20. The Balaban J connectivity index is 1.59. The van der Waals surface area contributed by atoms with E-state index in [1.54, 1.807) is 10.7 Å². The Morgan fingerprint density at radius 2 is 2.00 bits per heavy atom. The second kappa shape index (κ2) is 5.35. The van der Waals surface area contributed by atoms with E-state index in [-0.39, 0.29) is 5.91 Å². The Hall–Kier alpha value is -1.95. The largest absolute Gasteiger partial charge is 0.338 e. The van der Waals surface area contributed by atoms with Gasteiger partial charge in [0.25, 0.3) is 5.91 Å². The van der Waals surface area contributed by atoms with Gasteiger partial charge in [0, 0.05) is 25.0 Å². The van der Waals surface area contributed by atoms with E-state index in [1.807, 2.05) is 24.1 Å². The van der Waals surface area contributed by atoms with Gasteiger partial charge in [-0.05, 0) is 50.8 Å². The second-order valence-electron chi connectivity index (χ2n) is 6.44. The highest BCUT2D eigenvalue weighted by atomic mass is 16.2. The van der Waals surface area contributed by atoms with E-state index in [0.717, 1.165) is 56.6 Å². The first-order chi connectivity index (χ1) is 10.7. The van der Waals surface area contributed by atoms with E-state index in [4.69, 9.17) is 0 Å². The molecule has 4 heterocycles. The first kappa shape index (κ1) is 13.7. The van der Waals surface area contributed by atoms with Gasteiger partial charge in [-0.1, -0.05) is 0 Å². The number of aryl methyl sites for hydroxylation is 1. The third kappa shape index (κ3) is 2.27. The Kier molecular flexibility index (Phi) is 3.33. The Morgan fingerprint density at radius 1 is 1.27 bits per heavy atom. The zero-order valence-electron chi connectivity index (χ0n) is 12.8. The van der Waals surface area contributed by atoms with Crippen LogP contribution in [0.1, 0.15) is 28.9 Å². The van der Waals surface area contributed by atoms with Gasteiger partial charge in [-0.2, -0.15) is 5.10 Å². The van der Waals surface area contributed by atoms with Crippen molar-refractivity contribution in [3.63, 3.8) is 0 Å². The van der Waals surface area contributed by atoms with E-state index in [2.05, 4.69) is 15.4 Å². The first-order valence-electron chi connectivity index (χ1n) is 8.03. The van der Waals surface area contributed by atoms with Gasteiger partial charge in [-0.3, -0.25) is 4.79 Å². The van der Waals surface area contributed by atoms with Crippen molar-refractivity contribution in [3.8, 4) is 0 Å². The van der Waals surface area contributed by atoms with Crippen LogP contribution in [0.3, 0.4) is 0 Å². The van der Waals surface area contributed by atoms with Gasteiger partial charge in [0.05, 0.1) is 6.20 Å². The van der Waals surface area contributed by atoms with Gasteiger partial charge in [0.1, 0.15) is 5.56 Å². The first-order valence-corrected chi connectivity index (χ1v) is 8.03. The second-order valence-corrected chi connectivity index (χ2v) is 6.44. The summed E-state index contributed by atoms with van der Waals surface area (Å²) in [6.07, 6.45) is 5.69. The van der Waals surface area contributed by atoms with Gasteiger partial charge in [0.2, 0.25) is 0 Å². The van der Waals surface area contributed by atoms with Gasteiger partial charge in [0.15, 0.2) is 5.65 Å². The molecule has 0 spiro atoms. The van der Waals surface area contributed by atoms with Crippen LogP contribution in [0, 0.1) is 18.8 Å². The Morgan fingerprint density at radius 3 is 2.73 bits per heavy atom. The van der Waals surface area contributed by atoms with Crippen molar-refractivity contribution in [1.82, 2.24) is 24.8 Å². The molecule has 2 aliphatic heterocycles. The van der Waals surface area contributed by atoms with Crippen LogP contribution in [0.25, 0.3) is 5.65 Å². The molecule has 2 fully saturated rings. The third-order valence-corrected chi connectivity index (χ3v) is 5.05. The molecular formula is C16H21N5O. The average molecular weight is 299 g/mol. The normalized spacial score (nSPS) is 25.2. The summed E-state index contributed by atoms with van der Waals surface area (Å²) in [7, 11) is 0. The predicted octanol–water partition coefficient (Wildman–Crippen LogP) is 1.11. The molecule has 1 N–H and O–H groups in total. The molecule has 2 aliphatic rings. The molecule has 2 aromatic rings. The maximum Gasteiger partial charge on any atom is 0.259 e. The highest BCUT2D eigenvalue weighted by molar-refractivity contribution is 5.99. The fourth-order valence-corrected chi connectivity index (χ4v) is 3.70. The van der Waals surface area contributed by atoms with E-state index in [1.165, 1.54) is 0 Å². The molecule has 2 saturated heterocycles. The minimum absolute atomic E-state index is 0.0704. The number of nitrogens with zero attached hydrogens (tertiary/aromatic N) is 4. The summed E-state index contributed by atoms with van der Waals surface area (Å²) < 4.78 is 1.68. The van der Waals surface area contributed by atoms with Crippen LogP contribution >= 0.6 is 0 Å². The summed E-state index contributed by atoms with van der Waals surface area (Å²) in [5.41, 5.74) is 2.18. The number of nitrogens with one attached hydrogen (secondary N) is 1. The lowest BCUT2D eigenvalue weighted by atomic mass is 9.92. The number of hydrogen-bond acceptors (Lipinski definition) is 4. The Bertz CT molecular complexity index is 696. The van der Waals surface area contributed by atoms with Gasteiger partial charge >= 0.3 is 0 Å². The number of aromatic nitrogens is 3. The van der Waals surface area contributed by atoms with Gasteiger partial charge in [-0.15, -0.1) is 0 Å².